The van der Waals surface area contributed by atoms with Crippen molar-refractivity contribution in [2.75, 3.05) is 10.2 Å². The van der Waals surface area contributed by atoms with Crippen LogP contribution in [0.1, 0.15) is 27.9 Å². The average Bonchev–Trinajstić information content (AvgIpc) is 2.71. The molecule has 28 heavy (non-hydrogen) atoms. The second-order valence-electron chi connectivity index (χ2n) is 6.77. The second-order valence-corrected chi connectivity index (χ2v) is 6.77. The predicted octanol–water partition coefficient (Wildman–Crippen LogP) is 4.56. The fourth-order valence-electron chi connectivity index (χ4n) is 3.38. The maximum atomic E-state index is 13.0. The van der Waals surface area contributed by atoms with Crippen molar-refractivity contribution in [3.05, 3.63) is 95.3 Å². The van der Waals surface area contributed by atoms with Crippen LogP contribution in [-0.4, -0.2) is 11.8 Å². The molecule has 4 nitrogen and oxygen atoms in total. The fourth-order valence-corrected chi connectivity index (χ4v) is 3.38. The molecule has 140 valence electrons. The summed E-state index contributed by atoms with van der Waals surface area (Å²) in [7, 11) is 0. The van der Waals surface area contributed by atoms with E-state index < -0.39 is 0 Å². The number of amides is 2. The van der Waals surface area contributed by atoms with Crippen LogP contribution in [0.15, 0.2) is 72.8 Å². The van der Waals surface area contributed by atoms with Crippen LogP contribution >= 0.6 is 0 Å². The molecule has 3 aromatic carbocycles. The molecule has 1 N–H and O–H groups in total. The van der Waals surface area contributed by atoms with Crippen LogP contribution in [0.4, 0.5) is 15.8 Å². The minimum atomic E-state index is -0.381. The van der Waals surface area contributed by atoms with Gasteiger partial charge in [-0.25, -0.2) is 4.39 Å². The van der Waals surface area contributed by atoms with Crippen molar-refractivity contribution in [1.29, 1.82) is 0 Å². The summed E-state index contributed by atoms with van der Waals surface area (Å²) in [5, 5.41) is 2.84. The summed E-state index contributed by atoms with van der Waals surface area (Å²) < 4.78 is 13.0. The van der Waals surface area contributed by atoms with Crippen LogP contribution in [0.2, 0.25) is 0 Å². The Bertz CT molecular complexity index is 1020. The van der Waals surface area contributed by atoms with Gasteiger partial charge in [0.25, 0.3) is 5.91 Å². The maximum Gasteiger partial charge on any atom is 0.255 e. The Balaban J connectivity index is 1.55. The number of carbonyl (C=O) groups excluding carboxylic acids is 2. The molecule has 1 heterocycles. The minimum Gasteiger partial charge on any atom is -0.322 e. The molecule has 0 aromatic heterocycles. The first-order valence-electron chi connectivity index (χ1n) is 9.14. The lowest BCUT2D eigenvalue weighted by atomic mass is 9.99. The van der Waals surface area contributed by atoms with Crippen molar-refractivity contribution in [3.8, 4) is 0 Å². The van der Waals surface area contributed by atoms with Gasteiger partial charge in [-0.3, -0.25) is 9.59 Å². The summed E-state index contributed by atoms with van der Waals surface area (Å²) in [6.45, 7) is 0.522. The van der Waals surface area contributed by atoms with Crippen LogP contribution in [0, 0.1) is 5.82 Å². The highest BCUT2D eigenvalue weighted by Crippen LogP contribution is 2.31. The summed E-state index contributed by atoms with van der Waals surface area (Å²) >= 11 is 0. The maximum absolute atomic E-state index is 13.0. The summed E-state index contributed by atoms with van der Waals surface area (Å²) in [5.74, 6) is -0.582. The largest absolute Gasteiger partial charge is 0.322 e. The molecule has 0 bridgehead atoms. The standard InChI is InChI=1S/C23H19FN2O2/c24-19-9-6-17(7-10-19)23(28)25-20-11-12-21-18(14-20)8-13-22(27)26(21)15-16-4-2-1-3-5-16/h1-7,9-12,14H,8,13,15H2,(H,25,28). The van der Waals surface area contributed by atoms with E-state index in [1.165, 1.54) is 24.3 Å². The molecule has 2 amide bonds. The van der Waals surface area contributed by atoms with Gasteiger partial charge in [0.15, 0.2) is 0 Å². The summed E-state index contributed by atoms with van der Waals surface area (Å²) in [4.78, 5) is 26.6. The Morgan fingerprint density at radius 3 is 2.46 bits per heavy atom. The molecule has 1 aliphatic rings. The van der Waals surface area contributed by atoms with Gasteiger partial charge in [-0.2, -0.15) is 0 Å². The quantitative estimate of drug-likeness (QED) is 0.728. The summed E-state index contributed by atoms with van der Waals surface area (Å²) in [6.07, 6.45) is 1.08. The molecule has 0 atom stereocenters. The van der Waals surface area contributed by atoms with Gasteiger partial charge in [-0.15, -0.1) is 0 Å². The number of halogens is 1. The van der Waals surface area contributed by atoms with Crippen molar-refractivity contribution >= 4 is 23.2 Å². The Hall–Kier alpha value is -3.47. The van der Waals surface area contributed by atoms with E-state index in [0.29, 0.717) is 30.6 Å². The predicted molar refractivity (Wildman–Crippen MR) is 107 cm³/mol. The monoisotopic (exact) mass is 374 g/mol. The van der Waals surface area contributed by atoms with E-state index in [2.05, 4.69) is 5.32 Å². The average molecular weight is 374 g/mol. The Morgan fingerprint density at radius 2 is 1.71 bits per heavy atom. The molecule has 5 heteroatoms. The van der Waals surface area contributed by atoms with E-state index in [4.69, 9.17) is 0 Å². The van der Waals surface area contributed by atoms with Crippen LogP contribution in [-0.2, 0) is 17.8 Å². The van der Waals surface area contributed by atoms with Gasteiger partial charge in [0.05, 0.1) is 6.54 Å². The number of benzene rings is 3. The molecular weight excluding hydrogens is 355 g/mol. The summed E-state index contributed by atoms with van der Waals surface area (Å²) in [5.41, 5.74) is 4.01. The molecular formula is C23H19FN2O2. The topological polar surface area (TPSA) is 49.4 Å². The number of anilines is 2. The second kappa shape index (κ2) is 7.64. The van der Waals surface area contributed by atoms with E-state index >= 15 is 0 Å². The minimum absolute atomic E-state index is 0.0967. The normalized spacial score (nSPS) is 13.2. The molecule has 0 saturated heterocycles. The molecule has 0 fully saturated rings. The molecule has 0 radical (unpaired) electrons. The zero-order valence-electron chi connectivity index (χ0n) is 15.2. The molecule has 1 aliphatic heterocycles. The first kappa shape index (κ1) is 17.9. The van der Waals surface area contributed by atoms with E-state index in [-0.39, 0.29) is 17.6 Å². The Labute approximate surface area is 162 Å². The van der Waals surface area contributed by atoms with Gasteiger partial charge in [0.1, 0.15) is 5.82 Å². The SMILES string of the molecule is O=C(Nc1ccc2c(c1)CCC(=O)N2Cc1ccccc1)c1ccc(F)cc1. The van der Waals surface area contributed by atoms with Gasteiger partial charge in [-0.1, -0.05) is 30.3 Å². The highest BCUT2D eigenvalue weighted by molar-refractivity contribution is 6.04. The molecule has 4 rings (SSSR count). The van der Waals surface area contributed by atoms with E-state index in [0.717, 1.165) is 16.8 Å². The Kier molecular flexibility index (Phi) is 4.89. The number of nitrogens with zero attached hydrogens (tertiary/aromatic N) is 1. The number of aryl methyl sites for hydroxylation is 1. The van der Waals surface area contributed by atoms with Crippen LogP contribution in [0.3, 0.4) is 0 Å². The van der Waals surface area contributed by atoms with Crippen LogP contribution < -0.4 is 10.2 Å². The van der Waals surface area contributed by atoms with Gasteiger partial charge in [0, 0.05) is 23.4 Å². The molecule has 0 spiro atoms. The van der Waals surface area contributed by atoms with Crippen LogP contribution in [0.25, 0.3) is 0 Å². The highest BCUT2D eigenvalue weighted by Gasteiger charge is 2.24. The lowest BCUT2D eigenvalue weighted by Gasteiger charge is -2.30. The van der Waals surface area contributed by atoms with Gasteiger partial charge >= 0.3 is 0 Å². The molecule has 0 unspecified atom stereocenters. The number of hydrogen-bond donors (Lipinski definition) is 1. The summed E-state index contributed by atoms with van der Waals surface area (Å²) in [6, 6.07) is 20.8. The van der Waals surface area contributed by atoms with Crippen molar-refractivity contribution in [1.82, 2.24) is 0 Å². The van der Waals surface area contributed by atoms with Crippen LogP contribution in [0.5, 0.6) is 0 Å². The van der Waals surface area contributed by atoms with Gasteiger partial charge < -0.3 is 10.2 Å². The third kappa shape index (κ3) is 3.78. The number of fused-ring (bicyclic) bond motifs is 1. The molecule has 0 aliphatic carbocycles. The third-order valence-corrected chi connectivity index (χ3v) is 4.83. The van der Waals surface area contributed by atoms with E-state index in [9.17, 15) is 14.0 Å². The van der Waals surface area contributed by atoms with Gasteiger partial charge in [-0.05, 0) is 60.0 Å². The zero-order valence-corrected chi connectivity index (χ0v) is 15.2. The number of carbonyl (C=O) groups is 2. The zero-order chi connectivity index (χ0) is 19.5. The molecule has 0 saturated carbocycles. The van der Waals surface area contributed by atoms with Crippen molar-refractivity contribution in [2.45, 2.75) is 19.4 Å². The van der Waals surface area contributed by atoms with E-state index in [1.807, 2.05) is 42.5 Å². The first-order valence-corrected chi connectivity index (χ1v) is 9.14. The van der Waals surface area contributed by atoms with E-state index in [1.54, 1.807) is 11.0 Å². The number of nitrogens with one attached hydrogen (secondary N) is 1. The first-order chi connectivity index (χ1) is 13.6. The van der Waals surface area contributed by atoms with Crippen molar-refractivity contribution < 1.29 is 14.0 Å². The smallest absolute Gasteiger partial charge is 0.255 e. The lowest BCUT2D eigenvalue weighted by Crippen LogP contribution is -2.34. The number of rotatable bonds is 4. The van der Waals surface area contributed by atoms with Crippen molar-refractivity contribution in [3.63, 3.8) is 0 Å². The number of hydrogen-bond acceptors (Lipinski definition) is 2. The lowest BCUT2D eigenvalue weighted by molar-refractivity contribution is -0.119. The van der Waals surface area contributed by atoms with Gasteiger partial charge in [0.2, 0.25) is 5.91 Å². The van der Waals surface area contributed by atoms with Crippen molar-refractivity contribution in [2.24, 2.45) is 0 Å². The Morgan fingerprint density at radius 1 is 0.964 bits per heavy atom. The molecule has 3 aromatic rings. The fraction of sp³-hybridized carbons (Fsp3) is 0.130. The highest BCUT2D eigenvalue weighted by atomic mass is 19.1. The third-order valence-electron chi connectivity index (χ3n) is 4.83.